The van der Waals surface area contributed by atoms with Crippen molar-refractivity contribution in [3.8, 4) is 5.75 Å². The molecular formula is C16H18FNO. The molecule has 0 spiro atoms. The van der Waals surface area contributed by atoms with Crippen molar-refractivity contribution >= 4 is 0 Å². The van der Waals surface area contributed by atoms with Gasteiger partial charge in [0, 0.05) is 12.1 Å². The number of halogens is 1. The summed E-state index contributed by atoms with van der Waals surface area (Å²) in [6, 6.07) is 12.2. The van der Waals surface area contributed by atoms with Crippen molar-refractivity contribution < 1.29 is 9.50 Å². The molecule has 0 radical (unpaired) electrons. The summed E-state index contributed by atoms with van der Waals surface area (Å²) >= 11 is 0. The zero-order valence-corrected chi connectivity index (χ0v) is 11.0. The van der Waals surface area contributed by atoms with Gasteiger partial charge in [-0.3, -0.25) is 0 Å². The first-order chi connectivity index (χ1) is 9.16. The van der Waals surface area contributed by atoms with Gasteiger partial charge in [0.25, 0.3) is 0 Å². The van der Waals surface area contributed by atoms with E-state index in [4.69, 9.17) is 0 Å². The zero-order chi connectivity index (χ0) is 13.7. The summed E-state index contributed by atoms with van der Waals surface area (Å²) in [5.41, 5.74) is 3.17. The van der Waals surface area contributed by atoms with Gasteiger partial charge in [0.05, 0.1) is 0 Å². The van der Waals surface area contributed by atoms with E-state index in [9.17, 15) is 9.50 Å². The van der Waals surface area contributed by atoms with Crippen LogP contribution in [0.3, 0.4) is 0 Å². The molecule has 0 heterocycles. The fourth-order valence-corrected chi connectivity index (χ4v) is 2.03. The SMILES string of the molecule is Cc1ccccc1CCNCc1cc(F)ccc1O. The number of nitrogens with one attached hydrogen (secondary N) is 1. The number of aryl methyl sites for hydroxylation is 1. The third kappa shape index (κ3) is 3.80. The predicted octanol–water partition coefficient (Wildman–Crippen LogP) is 3.17. The van der Waals surface area contributed by atoms with Crippen LogP contribution >= 0.6 is 0 Å². The van der Waals surface area contributed by atoms with Crippen LogP contribution in [0, 0.1) is 12.7 Å². The summed E-state index contributed by atoms with van der Waals surface area (Å²) in [4.78, 5) is 0. The lowest BCUT2D eigenvalue weighted by atomic mass is 10.1. The van der Waals surface area contributed by atoms with Crippen LogP contribution in [-0.2, 0) is 13.0 Å². The van der Waals surface area contributed by atoms with E-state index in [1.165, 1.54) is 29.3 Å². The first-order valence-electron chi connectivity index (χ1n) is 6.39. The Kier molecular flexibility index (Phi) is 4.53. The highest BCUT2D eigenvalue weighted by Crippen LogP contribution is 2.17. The highest BCUT2D eigenvalue weighted by molar-refractivity contribution is 5.32. The third-order valence-electron chi connectivity index (χ3n) is 3.19. The first kappa shape index (κ1) is 13.6. The van der Waals surface area contributed by atoms with Gasteiger partial charge in [-0.15, -0.1) is 0 Å². The Labute approximate surface area is 112 Å². The van der Waals surface area contributed by atoms with E-state index < -0.39 is 0 Å². The van der Waals surface area contributed by atoms with Crippen LogP contribution in [0.2, 0.25) is 0 Å². The number of hydrogen-bond donors (Lipinski definition) is 2. The molecule has 0 saturated heterocycles. The molecule has 0 bridgehead atoms. The van der Waals surface area contributed by atoms with Crippen LogP contribution in [0.1, 0.15) is 16.7 Å². The molecular weight excluding hydrogens is 241 g/mol. The third-order valence-corrected chi connectivity index (χ3v) is 3.19. The summed E-state index contributed by atoms with van der Waals surface area (Å²) in [6.07, 6.45) is 0.919. The smallest absolute Gasteiger partial charge is 0.123 e. The molecule has 0 saturated carbocycles. The van der Waals surface area contributed by atoms with E-state index in [0.717, 1.165) is 13.0 Å². The number of rotatable bonds is 5. The zero-order valence-electron chi connectivity index (χ0n) is 11.0. The fraction of sp³-hybridized carbons (Fsp3) is 0.250. The molecule has 0 atom stereocenters. The van der Waals surface area contributed by atoms with E-state index in [0.29, 0.717) is 12.1 Å². The second-order valence-electron chi connectivity index (χ2n) is 4.63. The highest BCUT2D eigenvalue weighted by atomic mass is 19.1. The monoisotopic (exact) mass is 259 g/mol. The van der Waals surface area contributed by atoms with Crippen molar-refractivity contribution in [3.63, 3.8) is 0 Å². The molecule has 2 aromatic carbocycles. The minimum atomic E-state index is -0.325. The van der Waals surface area contributed by atoms with Gasteiger partial charge in [-0.1, -0.05) is 24.3 Å². The fourth-order valence-electron chi connectivity index (χ4n) is 2.03. The topological polar surface area (TPSA) is 32.3 Å². The Hall–Kier alpha value is -1.87. The Bertz CT molecular complexity index is 554. The standard InChI is InChI=1S/C16H18FNO/c1-12-4-2-3-5-13(12)8-9-18-11-14-10-15(17)6-7-16(14)19/h2-7,10,18-19H,8-9,11H2,1H3. The van der Waals surface area contributed by atoms with Crippen molar-refractivity contribution in [3.05, 3.63) is 65.0 Å². The molecule has 0 aromatic heterocycles. The van der Waals surface area contributed by atoms with Gasteiger partial charge in [0.2, 0.25) is 0 Å². The van der Waals surface area contributed by atoms with Crippen LogP contribution in [0.5, 0.6) is 5.75 Å². The van der Waals surface area contributed by atoms with E-state index >= 15 is 0 Å². The number of benzene rings is 2. The second kappa shape index (κ2) is 6.34. The molecule has 3 heteroatoms. The van der Waals surface area contributed by atoms with Gasteiger partial charge in [0.15, 0.2) is 0 Å². The number of aromatic hydroxyl groups is 1. The maximum Gasteiger partial charge on any atom is 0.123 e. The Morgan fingerprint density at radius 3 is 2.68 bits per heavy atom. The summed E-state index contributed by atoms with van der Waals surface area (Å²) in [5, 5.41) is 12.8. The lowest BCUT2D eigenvalue weighted by Gasteiger charge is -2.08. The van der Waals surface area contributed by atoms with Crippen molar-refractivity contribution in [2.45, 2.75) is 19.9 Å². The van der Waals surface area contributed by atoms with Crippen molar-refractivity contribution in [1.82, 2.24) is 5.32 Å². The first-order valence-corrected chi connectivity index (χ1v) is 6.39. The Balaban J connectivity index is 1.84. The molecule has 0 unspecified atom stereocenters. The average Bonchev–Trinajstić information content (AvgIpc) is 2.40. The Morgan fingerprint density at radius 2 is 1.89 bits per heavy atom. The molecule has 0 amide bonds. The number of phenolic OH excluding ortho intramolecular Hbond substituents is 1. The lowest BCUT2D eigenvalue weighted by molar-refractivity contribution is 0.461. The maximum atomic E-state index is 13.0. The predicted molar refractivity (Wildman–Crippen MR) is 74.7 cm³/mol. The molecule has 0 aliphatic heterocycles. The van der Waals surface area contributed by atoms with Crippen LogP contribution in [0.25, 0.3) is 0 Å². The number of phenols is 1. The van der Waals surface area contributed by atoms with E-state index in [1.54, 1.807) is 0 Å². The summed E-state index contributed by atoms with van der Waals surface area (Å²) in [5.74, 6) is -0.196. The molecule has 2 rings (SSSR count). The van der Waals surface area contributed by atoms with Crippen molar-refractivity contribution in [1.29, 1.82) is 0 Å². The summed E-state index contributed by atoms with van der Waals surface area (Å²) in [7, 11) is 0. The molecule has 2 nitrogen and oxygen atoms in total. The summed E-state index contributed by atoms with van der Waals surface area (Å²) < 4.78 is 13.0. The maximum absolute atomic E-state index is 13.0. The van der Waals surface area contributed by atoms with E-state index in [1.807, 2.05) is 12.1 Å². The van der Waals surface area contributed by atoms with Crippen molar-refractivity contribution in [2.24, 2.45) is 0 Å². The van der Waals surface area contributed by atoms with E-state index in [-0.39, 0.29) is 11.6 Å². The van der Waals surface area contributed by atoms with Crippen LogP contribution in [0.4, 0.5) is 4.39 Å². The molecule has 0 aliphatic carbocycles. The van der Waals surface area contributed by atoms with Gasteiger partial charge in [-0.05, 0) is 49.2 Å². The normalized spacial score (nSPS) is 10.6. The van der Waals surface area contributed by atoms with Crippen molar-refractivity contribution in [2.75, 3.05) is 6.54 Å². The largest absolute Gasteiger partial charge is 0.508 e. The Morgan fingerprint density at radius 1 is 1.11 bits per heavy atom. The molecule has 0 aliphatic rings. The number of hydrogen-bond acceptors (Lipinski definition) is 2. The van der Waals surface area contributed by atoms with Crippen LogP contribution in [-0.4, -0.2) is 11.7 Å². The average molecular weight is 259 g/mol. The molecule has 2 N–H and O–H groups in total. The second-order valence-corrected chi connectivity index (χ2v) is 4.63. The lowest BCUT2D eigenvalue weighted by Crippen LogP contribution is -2.17. The van der Waals surface area contributed by atoms with Gasteiger partial charge < -0.3 is 10.4 Å². The molecule has 2 aromatic rings. The van der Waals surface area contributed by atoms with E-state index in [2.05, 4.69) is 24.4 Å². The van der Waals surface area contributed by atoms with Crippen LogP contribution < -0.4 is 5.32 Å². The quantitative estimate of drug-likeness (QED) is 0.808. The minimum absolute atomic E-state index is 0.129. The van der Waals surface area contributed by atoms with Gasteiger partial charge in [-0.25, -0.2) is 4.39 Å². The van der Waals surface area contributed by atoms with Crippen LogP contribution in [0.15, 0.2) is 42.5 Å². The summed E-state index contributed by atoms with van der Waals surface area (Å²) in [6.45, 7) is 3.35. The van der Waals surface area contributed by atoms with Gasteiger partial charge in [-0.2, -0.15) is 0 Å². The van der Waals surface area contributed by atoms with Gasteiger partial charge >= 0.3 is 0 Å². The van der Waals surface area contributed by atoms with Gasteiger partial charge in [0.1, 0.15) is 11.6 Å². The molecule has 100 valence electrons. The molecule has 0 fully saturated rings. The highest BCUT2D eigenvalue weighted by Gasteiger charge is 2.02. The minimum Gasteiger partial charge on any atom is -0.508 e. The molecule has 19 heavy (non-hydrogen) atoms.